The van der Waals surface area contributed by atoms with E-state index in [0.29, 0.717) is 0 Å². The zero-order chi connectivity index (χ0) is 24.6. The van der Waals surface area contributed by atoms with Gasteiger partial charge in [-0.2, -0.15) is 0 Å². The number of ether oxygens (including phenoxy) is 2. The van der Waals surface area contributed by atoms with E-state index in [-0.39, 0.29) is 44.1 Å². The maximum absolute atomic E-state index is 14.9. The number of rotatable bonds is 4. The first-order chi connectivity index (χ1) is 16.3. The fourth-order valence-electron chi connectivity index (χ4n) is 3.82. The molecule has 7 nitrogen and oxygen atoms in total. The summed E-state index contributed by atoms with van der Waals surface area (Å²) in [7, 11) is 2.41. The van der Waals surface area contributed by atoms with Crippen molar-refractivity contribution in [2.75, 3.05) is 14.2 Å². The van der Waals surface area contributed by atoms with Crippen LogP contribution in [0.5, 0.6) is 0 Å². The van der Waals surface area contributed by atoms with E-state index < -0.39 is 29.1 Å². The summed E-state index contributed by atoms with van der Waals surface area (Å²) < 4.78 is 45.9. The molecule has 4 rings (SSSR count). The number of hydrogen-bond acceptors (Lipinski definition) is 7. The molecule has 0 saturated heterocycles. The first kappa shape index (κ1) is 23.1. The highest BCUT2D eigenvalue weighted by molar-refractivity contribution is 7.80. The molecule has 3 aromatic rings. The molecule has 0 spiro atoms. The van der Waals surface area contributed by atoms with Gasteiger partial charge in [-0.3, -0.25) is 4.79 Å². The van der Waals surface area contributed by atoms with Crippen LogP contribution in [0.4, 0.5) is 8.78 Å². The number of esters is 1. The minimum absolute atomic E-state index is 0.0100. The average molecular weight is 484 g/mol. The highest BCUT2D eigenvalue weighted by Crippen LogP contribution is 2.38. The second-order valence-corrected chi connectivity index (χ2v) is 7.60. The van der Waals surface area contributed by atoms with Crippen LogP contribution in [-0.2, 0) is 14.3 Å². The zero-order valence-electron chi connectivity index (χ0n) is 18.0. The maximum atomic E-state index is 14.9. The Morgan fingerprint density at radius 3 is 2.32 bits per heavy atom. The number of thiocarbonyl (C=S) groups is 1. The molecule has 1 aromatic heterocycles. The van der Waals surface area contributed by atoms with E-state index in [1.165, 1.54) is 49.6 Å². The van der Waals surface area contributed by atoms with Crippen molar-refractivity contribution in [3.63, 3.8) is 0 Å². The van der Waals surface area contributed by atoms with Crippen LogP contribution in [0.3, 0.4) is 0 Å². The molecule has 0 radical (unpaired) electrons. The lowest BCUT2D eigenvalue weighted by molar-refractivity contribution is -0.134. The molecule has 174 valence electrons. The van der Waals surface area contributed by atoms with Gasteiger partial charge in [0.25, 0.3) is 0 Å². The van der Waals surface area contributed by atoms with Gasteiger partial charge in [-0.15, -0.1) is 0 Å². The van der Waals surface area contributed by atoms with Crippen molar-refractivity contribution >= 4 is 40.7 Å². The Labute approximate surface area is 197 Å². The third kappa shape index (κ3) is 3.71. The lowest BCUT2D eigenvalue weighted by Crippen LogP contribution is -2.41. The van der Waals surface area contributed by atoms with E-state index in [1.54, 1.807) is 12.1 Å². The summed E-state index contributed by atoms with van der Waals surface area (Å²) in [5.74, 6) is -3.57. The van der Waals surface area contributed by atoms with Gasteiger partial charge in [0, 0.05) is 11.1 Å². The van der Waals surface area contributed by atoms with Crippen LogP contribution in [-0.4, -0.2) is 29.8 Å². The minimum atomic E-state index is -1.20. The standard InChI is InChI=1S/C24H18F2N2O5S/c1-31-23(30)19-17(13-8-4-6-10-15(13)26)18(24(34)32-2)20(27)28-21(29)16(33-22(19)28)11-12-7-3-5-9-14(12)25/h3-11,17H,27H2,1-2H3/b16-11-. The van der Waals surface area contributed by atoms with Gasteiger partial charge in [-0.05, 0) is 30.4 Å². The molecule has 0 fully saturated rings. The fraction of sp³-hybridized carbons (Fsp3) is 0.125. The molecule has 2 N–H and O–H groups in total. The van der Waals surface area contributed by atoms with Crippen molar-refractivity contribution < 1.29 is 27.5 Å². The average Bonchev–Trinajstić information content (AvgIpc) is 3.15. The third-order valence-electron chi connectivity index (χ3n) is 5.37. The van der Waals surface area contributed by atoms with E-state index in [0.717, 1.165) is 11.7 Å². The maximum Gasteiger partial charge on any atom is 0.340 e. The number of methoxy groups -OCH3 is 2. The Bertz CT molecular complexity index is 1540. The normalized spacial score (nSPS) is 15.8. The largest absolute Gasteiger partial charge is 0.486 e. The molecule has 2 heterocycles. The van der Waals surface area contributed by atoms with E-state index in [2.05, 4.69) is 0 Å². The van der Waals surface area contributed by atoms with Gasteiger partial charge < -0.3 is 19.6 Å². The number of fused-ring (bicyclic) bond motifs is 1. The summed E-state index contributed by atoms with van der Waals surface area (Å²) in [4.78, 5) is 26.2. The molecule has 10 heteroatoms. The Morgan fingerprint density at radius 1 is 1.06 bits per heavy atom. The Morgan fingerprint density at radius 2 is 1.71 bits per heavy atom. The monoisotopic (exact) mass is 484 g/mol. The molecule has 1 unspecified atom stereocenters. The van der Waals surface area contributed by atoms with Crippen molar-refractivity contribution in [1.29, 1.82) is 0 Å². The number of halogens is 2. The van der Waals surface area contributed by atoms with Crippen LogP contribution >= 0.6 is 12.2 Å². The molecule has 0 aliphatic carbocycles. The summed E-state index contributed by atoms with van der Waals surface area (Å²) in [6, 6.07) is 11.4. The van der Waals surface area contributed by atoms with Crippen LogP contribution in [0.1, 0.15) is 17.0 Å². The van der Waals surface area contributed by atoms with Gasteiger partial charge in [0.15, 0.2) is 10.5 Å². The second-order valence-electron chi connectivity index (χ2n) is 7.23. The predicted octanol–water partition coefficient (Wildman–Crippen LogP) is 1.77. The van der Waals surface area contributed by atoms with Gasteiger partial charge in [-0.25, -0.2) is 18.1 Å². The first-order valence-corrected chi connectivity index (χ1v) is 10.3. The highest BCUT2D eigenvalue weighted by atomic mass is 32.1. The molecule has 1 aliphatic heterocycles. The van der Waals surface area contributed by atoms with E-state index in [1.807, 2.05) is 0 Å². The summed E-state index contributed by atoms with van der Waals surface area (Å²) in [5, 5.41) is -0.162. The van der Waals surface area contributed by atoms with E-state index in [9.17, 15) is 18.4 Å². The number of nitrogens with two attached hydrogens (primary N) is 1. The van der Waals surface area contributed by atoms with Gasteiger partial charge in [0.05, 0.1) is 25.7 Å². The van der Waals surface area contributed by atoms with E-state index >= 15 is 0 Å². The lowest BCUT2D eigenvalue weighted by Gasteiger charge is -2.27. The van der Waals surface area contributed by atoms with Crippen molar-refractivity contribution in [2.45, 2.75) is 5.92 Å². The number of carbonyl (C=O) groups is 1. The molecule has 0 saturated carbocycles. The smallest absolute Gasteiger partial charge is 0.340 e. The Hall–Kier alpha value is -4.05. The van der Waals surface area contributed by atoms with Crippen LogP contribution in [0.15, 0.2) is 63.3 Å². The van der Waals surface area contributed by atoms with Gasteiger partial charge >= 0.3 is 11.5 Å². The number of oxazole rings is 1. The summed E-state index contributed by atoms with van der Waals surface area (Å²) in [6.07, 6.45) is 1.18. The molecule has 1 atom stereocenters. The molecule has 1 aliphatic rings. The van der Waals surface area contributed by atoms with Crippen LogP contribution < -0.4 is 22.3 Å². The molecule has 0 amide bonds. The number of hydrogen-bond donors (Lipinski definition) is 1. The Kier molecular flexibility index (Phi) is 6.16. The Balaban J connectivity index is 2.17. The van der Waals surface area contributed by atoms with Crippen LogP contribution in [0, 0.1) is 11.6 Å². The van der Waals surface area contributed by atoms with Gasteiger partial charge in [0.1, 0.15) is 23.0 Å². The van der Waals surface area contributed by atoms with Gasteiger partial charge in [-0.1, -0.05) is 36.4 Å². The number of aromatic nitrogens is 1. The quantitative estimate of drug-likeness (QED) is 0.445. The first-order valence-electron chi connectivity index (χ1n) is 9.93. The van der Waals surface area contributed by atoms with Gasteiger partial charge in [0.2, 0.25) is 5.55 Å². The predicted molar refractivity (Wildman–Crippen MR) is 124 cm³/mol. The number of carbonyl (C=O) groups excluding carboxylic acids is 1. The minimum Gasteiger partial charge on any atom is -0.486 e. The van der Waals surface area contributed by atoms with Crippen molar-refractivity contribution in [3.8, 4) is 0 Å². The van der Waals surface area contributed by atoms with Crippen molar-refractivity contribution in [1.82, 2.24) is 4.57 Å². The number of benzene rings is 2. The van der Waals surface area contributed by atoms with Crippen LogP contribution in [0.25, 0.3) is 17.5 Å². The molecule has 34 heavy (non-hydrogen) atoms. The summed E-state index contributed by atoms with van der Waals surface area (Å²) in [5.41, 5.74) is 4.86. The second kappa shape index (κ2) is 9.06. The molecular weight excluding hydrogens is 466 g/mol. The molecule has 0 bridgehead atoms. The molecular formula is C24H18F2N2O5S. The molecule has 2 aromatic carbocycles. The van der Waals surface area contributed by atoms with Crippen molar-refractivity contribution in [3.05, 3.63) is 98.2 Å². The number of nitrogens with zero attached hydrogens (tertiary/aromatic N) is 1. The van der Waals surface area contributed by atoms with E-state index in [4.69, 9.17) is 31.8 Å². The summed E-state index contributed by atoms with van der Waals surface area (Å²) in [6.45, 7) is 0. The zero-order valence-corrected chi connectivity index (χ0v) is 18.8. The van der Waals surface area contributed by atoms with Crippen molar-refractivity contribution in [2.24, 2.45) is 5.73 Å². The summed E-state index contributed by atoms with van der Waals surface area (Å²) >= 11 is 5.30. The topological polar surface area (TPSA) is 96.7 Å². The van der Waals surface area contributed by atoms with Crippen LogP contribution in [0.2, 0.25) is 0 Å². The fourth-order valence-corrected chi connectivity index (χ4v) is 4.04. The third-order valence-corrected chi connectivity index (χ3v) is 5.75. The lowest BCUT2D eigenvalue weighted by atomic mass is 9.83. The highest BCUT2D eigenvalue weighted by Gasteiger charge is 2.40. The SMILES string of the molecule is COC(=O)C1=c2o/c(=C\c3ccccc3F)c(=O)n2C(N)=C(C(=S)OC)C1c1ccccc1F.